The zero-order valence-electron chi connectivity index (χ0n) is 16.3. The number of halogens is 5. The standard InChI is InChI=1S/C20H18F5N3O3/c1-9-15(10-3-4-12(21)13(22)7-10)16(31-19(9,2)20(23,24)25)18(30)28-11-5-6-27-14(8-11)17(26)29/h3-9,15-16H,1-2H3,(H2,26,29)(H,27,28,30)/t9-,15-,16-,19-/m0/s1. The first kappa shape index (κ1) is 22.6. The van der Waals surface area contributed by atoms with Crippen LogP contribution >= 0.6 is 0 Å². The van der Waals surface area contributed by atoms with Crippen LogP contribution in [-0.4, -0.2) is 34.7 Å². The van der Waals surface area contributed by atoms with Gasteiger partial charge in [-0.3, -0.25) is 14.6 Å². The van der Waals surface area contributed by atoms with E-state index < -0.39 is 53.2 Å². The maximum Gasteiger partial charge on any atom is 0.417 e. The molecular weight excluding hydrogens is 425 g/mol. The molecule has 31 heavy (non-hydrogen) atoms. The lowest BCUT2D eigenvalue weighted by Crippen LogP contribution is -2.47. The number of primary amides is 1. The molecule has 1 aliphatic rings. The van der Waals surface area contributed by atoms with Crippen molar-refractivity contribution in [1.82, 2.24) is 4.98 Å². The van der Waals surface area contributed by atoms with E-state index in [1.807, 2.05) is 0 Å². The monoisotopic (exact) mass is 443 g/mol. The van der Waals surface area contributed by atoms with Crippen molar-refractivity contribution in [3.05, 3.63) is 59.4 Å². The number of carbonyl (C=O) groups excluding carboxylic acids is 2. The first-order chi connectivity index (χ1) is 14.3. The molecule has 2 aromatic rings. The zero-order chi connectivity index (χ0) is 23.1. The Bertz CT molecular complexity index is 1030. The van der Waals surface area contributed by atoms with Gasteiger partial charge in [-0.25, -0.2) is 8.78 Å². The maximum atomic E-state index is 13.8. The number of alkyl halides is 3. The van der Waals surface area contributed by atoms with Crippen molar-refractivity contribution < 1.29 is 36.3 Å². The van der Waals surface area contributed by atoms with Crippen molar-refractivity contribution >= 4 is 17.5 Å². The predicted octanol–water partition coefficient (Wildman–Crippen LogP) is 3.54. The summed E-state index contributed by atoms with van der Waals surface area (Å²) in [6.07, 6.45) is -5.34. The van der Waals surface area contributed by atoms with E-state index in [1.54, 1.807) is 0 Å². The Morgan fingerprint density at radius 2 is 1.84 bits per heavy atom. The highest BCUT2D eigenvalue weighted by Crippen LogP contribution is 2.53. The second-order valence-corrected chi connectivity index (χ2v) is 7.41. The lowest BCUT2D eigenvalue weighted by molar-refractivity contribution is -0.272. The molecule has 1 fully saturated rings. The number of hydrogen-bond donors (Lipinski definition) is 2. The number of nitrogens with two attached hydrogens (primary N) is 1. The van der Waals surface area contributed by atoms with Gasteiger partial charge in [-0.2, -0.15) is 13.2 Å². The average molecular weight is 443 g/mol. The molecule has 0 bridgehead atoms. The molecule has 2 amide bonds. The lowest BCUT2D eigenvalue weighted by atomic mass is 9.77. The van der Waals surface area contributed by atoms with Crippen LogP contribution in [0.1, 0.15) is 35.8 Å². The van der Waals surface area contributed by atoms with Gasteiger partial charge >= 0.3 is 6.18 Å². The van der Waals surface area contributed by atoms with Crippen molar-refractivity contribution in [2.75, 3.05) is 5.32 Å². The number of anilines is 1. The van der Waals surface area contributed by atoms with Gasteiger partial charge < -0.3 is 15.8 Å². The van der Waals surface area contributed by atoms with E-state index in [9.17, 15) is 31.5 Å². The smallest absolute Gasteiger partial charge is 0.364 e. The van der Waals surface area contributed by atoms with Gasteiger partial charge in [0.05, 0.1) is 0 Å². The van der Waals surface area contributed by atoms with E-state index in [0.717, 1.165) is 31.2 Å². The highest BCUT2D eigenvalue weighted by Gasteiger charge is 2.65. The van der Waals surface area contributed by atoms with E-state index in [-0.39, 0.29) is 16.9 Å². The van der Waals surface area contributed by atoms with Gasteiger partial charge in [-0.15, -0.1) is 0 Å². The molecule has 0 aliphatic carbocycles. The minimum atomic E-state index is -4.84. The molecule has 4 atom stereocenters. The summed E-state index contributed by atoms with van der Waals surface area (Å²) in [4.78, 5) is 27.9. The fraction of sp³-hybridized carbons (Fsp3) is 0.350. The molecule has 3 rings (SSSR count). The number of ether oxygens (including phenoxy) is 1. The van der Waals surface area contributed by atoms with Crippen molar-refractivity contribution in [2.24, 2.45) is 11.7 Å². The number of rotatable bonds is 4. The summed E-state index contributed by atoms with van der Waals surface area (Å²) in [7, 11) is 0. The summed E-state index contributed by atoms with van der Waals surface area (Å²) in [5.74, 6) is -6.82. The molecule has 0 radical (unpaired) electrons. The zero-order valence-corrected chi connectivity index (χ0v) is 16.3. The van der Waals surface area contributed by atoms with Gasteiger partial charge in [0.1, 0.15) is 11.8 Å². The van der Waals surface area contributed by atoms with Crippen molar-refractivity contribution in [3.63, 3.8) is 0 Å². The average Bonchev–Trinajstić information content (AvgIpc) is 2.96. The van der Waals surface area contributed by atoms with Crippen LogP contribution in [-0.2, 0) is 9.53 Å². The molecular formula is C20H18F5N3O3. The summed E-state index contributed by atoms with van der Waals surface area (Å²) >= 11 is 0. The SMILES string of the molecule is C[C@H]1[C@@H](c2ccc(F)c(F)c2)[C@@H](C(=O)Nc2ccnc(C(N)=O)c2)O[C@]1(C)C(F)(F)F. The third kappa shape index (κ3) is 4.09. The third-order valence-corrected chi connectivity index (χ3v) is 5.54. The molecule has 1 saturated heterocycles. The van der Waals surface area contributed by atoms with Gasteiger partial charge in [-0.05, 0) is 36.8 Å². The molecule has 0 unspecified atom stereocenters. The van der Waals surface area contributed by atoms with E-state index in [2.05, 4.69) is 10.3 Å². The number of pyridine rings is 1. The highest BCUT2D eigenvalue weighted by atomic mass is 19.4. The van der Waals surface area contributed by atoms with Gasteiger partial charge in [0.25, 0.3) is 11.8 Å². The Balaban J connectivity index is 2.00. The summed E-state index contributed by atoms with van der Waals surface area (Å²) < 4.78 is 73.7. The minimum Gasteiger partial charge on any atom is -0.364 e. The van der Waals surface area contributed by atoms with Crippen LogP contribution in [0.25, 0.3) is 0 Å². The number of amides is 2. The van der Waals surface area contributed by atoms with Crippen LogP contribution in [0.5, 0.6) is 0 Å². The Labute approximate surface area is 173 Å². The molecule has 1 aromatic carbocycles. The molecule has 0 saturated carbocycles. The normalized spacial score (nSPS) is 26.0. The van der Waals surface area contributed by atoms with Crippen LogP contribution in [0.2, 0.25) is 0 Å². The van der Waals surface area contributed by atoms with Gasteiger partial charge in [0, 0.05) is 23.7 Å². The molecule has 1 aromatic heterocycles. The van der Waals surface area contributed by atoms with E-state index in [4.69, 9.17) is 10.5 Å². The minimum absolute atomic E-state index is 0.0212. The Morgan fingerprint density at radius 1 is 1.16 bits per heavy atom. The Hall–Kier alpha value is -3.08. The highest BCUT2D eigenvalue weighted by molar-refractivity contribution is 5.97. The summed E-state index contributed by atoms with van der Waals surface area (Å²) in [6, 6.07) is 5.09. The van der Waals surface area contributed by atoms with Crippen molar-refractivity contribution in [1.29, 1.82) is 0 Å². The predicted molar refractivity (Wildman–Crippen MR) is 99.0 cm³/mol. The maximum absolute atomic E-state index is 13.8. The fourth-order valence-electron chi connectivity index (χ4n) is 3.63. The molecule has 6 nitrogen and oxygen atoms in total. The van der Waals surface area contributed by atoms with Crippen LogP contribution in [0, 0.1) is 17.6 Å². The summed E-state index contributed by atoms with van der Waals surface area (Å²) in [5.41, 5.74) is 2.27. The number of nitrogens with zero attached hydrogens (tertiary/aromatic N) is 1. The molecule has 1 aliphatic heterocycles. The van der Waals surface area contributed by atoms with Crippen LogP contribution in [0.15, 0.2) is 36.5 Å². The van der Waals surface area contributed by atoms with Gasteiger partial charge in [0.15, 0.2) is 17.2 Å². The first-order valence-electron chi connectivity index (χ1n) is 9.11. The molecule has 166 valence electrons. The van der Waals surface area contributed by atoms with E-state index in [1.165, 1.54) is 19.2 Å². The molecule has 0 spiro atoms. The van der Waals surface area contributed by atoms with Gasteiger partial charge in [-0.1, -0.05) is 13.0 Å². The largest absolute Gasteiger partial charge is 0.417 e. The molecule has 11 heteroatoms. The number of aromatic nitrogens is 1. The second kappa shape index (κ2) is 7.88. The Kier molecular flexibility index (Phi) is 5.74. The second-order valence-electron chi connectivity index (χ2n) is 7.41. The third-order valence-electron chi connectivity index (χ3n) is 5.54. The van der Waals surface area contributed by atoms with Crippen LogP contribution in [0.4, 0.5) is 27.6 Å². The number of carbonyl (C=O) groups is 2. The molecule has 3 N–H and O–H groups in total. The van der Waals surface area contributed by atoms with Crippen molar-refractivity contribution in [3.8, 4) is 0 Å². The quantitative estimate of drug-likeness (QED) is 0.707. The number of benzene rings is 1. The summed E-state index contributed by atoms with van der Waals surface area (Å²) in [5, 5.41) is 2.37. The van der Waals surface area contributed by atoms with E-state index >= 15 is 0 Å². The fourth-order valence-corrected chi connectivity index (χ4v) is 3.63. The van der Waals surface area contributed by atoms with Crippen molar-refractivity contribution in [2.45, 2.75) is 37.6 Å². The first-order valence-corrected chi connectivity index (χ1v) is 9.11. The van der Waals surface area contributed by atoms with Crippen LogP contribution < -0.4 is 11.1 Å². The van der Waals surface area contributed by atoms with E-state index in [0.29, 0.717) is 0 Å². The van der Waals surface area contributed by atoms with Crippen LogP contribution in [0.3, 0.4) is 0 Å². The number of hydrogen-bond acceptors (Lipinski definition) is 4. The Morgan fingerprint density at radius 3 is 2.42 bits per heavy atom. The number of nitrogens with one attached hydrogen (secondary N) is 1. The van der Waals surface area contributed by atoms with Gasteiger partial charge in [0.2, 0.25) is 0 Å². The molecule has 2 heterocycles. The summed E-state index contributed by atoms with van der Waals surface area (Å²) in [6.45, 7) is 2.03. The topological polar surface area (TPSA) is 94.3 Å². The lowest BCUT2D eigenvalue weighted by Gasteiger charge is -2.31.